The van der Waals surface area contributed by atoms with Gasteiger partial charge in [0.2, 0.25) is 0 Å². The summed E-state index contributed by atoms with van der Waals surface area (Å²) in [5, 5.41) is 5.40. The third-order valence-corrected chi connectivity index (χ3v) is 6.69. The molecule has 0 bridgehead atoms. The number of sulfone groups is 1. The van der Waals surface area contributed by atoms with E-state index in [1.54, 1.807) is 32.0 Å². The maximum atomic E-state index is 13.8. The highest BCUT2D eigenvalue weighted by molar-refractivity contribution is 7.91. The summed E-state index contributed by atoms with van der Waals surface area (Å²) in [7, 11) is -3.15. The minimum Gasteiger partial charge on any atom is -0.346 e. The number of rotatable bonds is 4. The van der Waals surface area contributed by atoms with Crippen LogP contribution >= 0.6 is 0 Å². The Morgan fingerprint density at radius 3 is 2.46 bits per heavy atom. The Morgan fingerprint density at radius 2 is 1.82 bits per heavy atom. The van der Waals surface area contributed by atoms with E-state index in [0.29, 0.717) is 17.7 Å². The zero-order valence-corrected chi connectivity index (χ0v) is 16.4. The molecular weight excluding hydrogens is 383 g/mol. The first-order valence-corrected chi connectivity index (χ1v) is 10.6. The fourth-order valence-corrected chi connectivity index (χ4v) is 5.28. The molecule has 8 heteroatoms. The minimum atomic E-state index is -3.15. The molecule has 0 aromatic heterocycles. The van der Waals surface area contributed by atoms with Crippen molar-refractivity contribution in [1.82, 2.24) is 5.32 Å². The standard InChI is InChI=1S/C20H21FN2O4S/c1-13-7-8-14(18(24)23-20(2)9-10-28(26,27)12-20)11-17(13)22-19(25)15-5-3-4-6-16(15)21/h3-8,11H,9-10,12H2,1-2H3,(H,22,25)(H,23,24)/t20-/m1/s1. The lowest BCUT2D eigenvalue weighted by molar-refractivity contribution is 0.0914. The van der Waals surface area contributed by atoms with Crippen molar-refractivity contribution >= 4 is 27.3 Å². The van der Waals surface area contributed by atoms with E-state index in [2.05, 4.69) is 10.6 Å². The van der Waals surface area contributed by atoms with E-state index in [0.717, 1.165) is 0 Å². The normalized spacial score (nSPS) is 20.5. The summed E-state index contributed by atoms with van der Waals surface area (Å²) in [5.41, 5.74) is 0.443. The molecule has 0 unspecified atom stereocenters. The Hall–Kier alpha value is -2.74. The maximum absolute atomic E-state index is 13.8. The summed E-state index contributed by atoms with van der Waals surface area (Å²) in [6.45, 7) is 3.45. The van der Waals surface area contributed by atoms with Gasteiger partial charge in [-0.3, -0.25) is 9.59 Å². The molecular formula is C20H21FN2O4S. The highest BCUT2D eigenvalue weighted by Gasteiger charge is 2.39. The van der Waals surface area contributed by atoms with Crippen LogP contribution in [0.2, 0.25) is 0 Å². The van der Waals surface area contributed by atoms with E-state index in [9.17, 15) is 22.4 Å². The topological polar surface area (TPSA) is 92.3 Å². The van der Waals surface area contributed by atoms with Crippen molar-refractivity contribution in [3.63, 3.8) is 0 Å². The molecule has 0 aliphatic carbocycles. The fraction of sp³-hybridized carbons (Fsp3) is 0.300. The number of halogens is 1. The van der Waals surface area contributed by atoms with E-state index < -0.39 is 33.0 Å². The van der Waals surface area contributed by atoms with E-state index in [-0.39, 0.29) is 22.6 Å². The molecule has 28 heavy (non-hydrogen) atoms. The summed E-state index contributed by atoms with van der Waals surface area (Å²) in [6.07, 6.45) is 0.351. The average molecular weight is 404 g/mol. The van der Waals surface area contributed by atoms with Gasteiger partial charge in [-0.1, -0.05) is 18.2 Å². The van der Waals surface area contributed by atoms with Crippen LogP contribution in [-0.2, 0) is 9.84 Å². The number of aryl methyl sites for hydroxylation is 1. The van der Waals surface area contributed by atoms with Gasteiger partial charge in [-0.15, -0.1) is 0 Å². The molecule has 1 aliphatic rings. The van der Waals surface area contributed by atoms with Crippen LogP contribution in [0.1, 0.15) is 39.6 Å². The highest BCUT2D eigenvalue weighted by atomic mass is 32.2. The molecule has 2 aromatic carbocycles. The molecule has 6 nitrogen and oxygen atoms in total. The van der Waals surface area contributed by atoms with Crippen LogP contribution in [0.5, 0.6) is 0 Å². The first-order chi connectivity index (χ1) is 13.1. The zero-order chi connectivity index (χ0) is 20.5. The van der Waals surface area contributed by atoms with Gasteiger partial charge in [-0.25, -0.2) is 12.8 Å². The molecule has 1 saturated heterocycles. The lowest BCUT2D eigenvalue weighted by Crippen LogP contribution is -2.46. The van der Waals surface area contributed by atoms with E-state index in [1.807, 2.05) is 0 Å². The smallest absolute Gasteiger partial charge is 0.258 e. The molecule has 2 amide bonds. The SMILES string of the molecule is Cc1ccc(C(=O)N[C@]2(C)CCS(=O)(=O)C2)cc1NC(=O)c1ccccc1F. The van der Waals surface area contributed by atoms with Crippen molar-refractivity contribution in [1.29, 1.82) is 0 Å². The second-order valence-corrected chi connectivity index (χ2v) is 9.50. The van der Waals surface area contributed by atoms with Gasteiger partial charge < -0.3 is 10.6 Å². The van der Waals surface area contributed by atoms with E-state index in [1.165, 1.54) is 24.3 Å². The van der Waals surface area contributed by atoms with E-state index >= 15 is 0 Å². The Morgan fingerprint density at radius 1 is 1.11 bits per heavy atom. The maximum Gasteiger partial charge on any atom is 0.258 e. The first-order valence-electron chi connectivity index (χ1n) is 8.78. The number of nitrogens with one attached hydrogen (secondary N) is 2. The van der Waals surface area contributed by atoms with E-state index in [4.69, 9.17) is 0 Å². The van der Waals surface area contributed by atoms with Gasteiger partial charge in [-0.05, 0) is 50.1 Å². The molecule has 2 N–H and O–H groups in total. The number of carbonyl (C=O) groups is 2. The Labute approximate surface area is 163 Å². The number of benzene rings is 2. The summed E-state index contributed by atoms with van der Waals surface area (Å²) in [4.78, 5) is 25.0. The molecule has 148 valence electrons. The van der Waals surface area contributed by atoms with Crippen LogP contribution < -0.4 is 10.6 Å². The molecule has 1 heterocycles. The van der Waals surface area contributed by atoms with Crippen molar-refractivity contribution in [3.8, 4) is 0 Å². The highest BCUT2D eigenvalue weighted by Crippen LogP contribution is 2.24. The van der Waals surface area contributed by atoms with Gasteiger partial charge in [0.25, 0.3) is 11.8 Å². The number of amides is 2. The minimum absolute atomic E-state index is 0.0433. The predicted octanol–water partition coefficient (Wildman–Crippen LogP) is 2.69. The van der Waals surface area contributed by atoms with Crippen LogP contribution in [0, 0.1) is 12.7 Å². The number of anilines is 1. The third kappa shape index (κ3) is 4.39. The molecule has 0 spiro atoms. The summed E-state index contributed by atoms with van der Waals surface area (Å²) < 4.78 is 37.2. The molecule has 1 aliphatic heterocycles. The van der Waals surface area contributed by atoms with Gasteiger partial charge in [-0.2, -0.15) is 0 Å². The fourth-order valence-electron chi connectivity index (χ4n) is 3.19. The van der Waals surface area contributed by atoms with Crippen molar-refractivity contribution in [2.24, 2.45) is 0 Å². The largest absolute Gasteiger partial charge is 0.346 e. The van der Waals surface area contributed by atoms with Crippen molar-refractivity contribution in [3.05, 3.63) is 65.0 Å². The van der Waals surface area contributed by atoms with Crippen LogP contribution in [0.25, 0.3) is 0 Å². The monoisotopic (exact) mass is 404 g/mol. The van der Waals surface area contributed by atoms with Crippen molar-refractivity contribution in [2.45, 2.75) is 25.8 Å². The van der Waals surface area contributed by atoms with Gasteiger partial charge in [0, 0.05) is 11.3 Å². The second-order valence-electron chi connectivity index (χ2n) is 7.32. The predicted molar refractivity (Wildman–Crippen MR) is 105 cm³/mol. The van der Waals surface area contributed by atoms with Crippen molar-refractivity contribution < 1.29 is 22.4 Å². The quantitative estimate of drug-likeness (QED) is 0.820. The van der Waals surface area contributed by atoms with Crippen LogP contribution in [-0.4, -0.2) is 37.3 Å². The summed E-state index contributed by atoms with van der Waals surface area (Å²) in [5.74, 6) is -1.74. The Balaban J connectivity index is 1.79. The summed E-state index contributed by atoms with van der Waals surface area (Å²) >= 11 is 0. The molecule has 0 saturated carbocycles. The Kier molecular flexibility index (Phi) is 5.25. The molecule has 0 radical (unpaired) electrons. The second kappa shape index (κ2) is 7.35. The van der Waals surface area contributed by atoms with Crippen LogP contribution in [0.15, 0.2) is 42.5 Å². The lowest BCUT2D eigenvalue weighted by Gasteiger charge is -2.24. The van der Waals surface area contributed by atoms with Gasteiger partial charge in [0.15, 0.2) is 9.84 Å². The zero-order valence-electron chi connectivity index (χ0n) is 15.6. The van der Waals surface area contributed by atoms with Crippen molar-refractivity contribution in [2.75, 3.05) is 16.8 Å². The van der Waals surface area contributed by atoms with Crippen LogP contribution in [0.4, 0.5) is 10.1 Å². The van der Waals surface area contributed by atoms with Crippen LogP contribution in [0.3, 0.4) is 0 Å². The Bertz CT molecular complexity index is 1050. The van der Waals surface area contributed by atoms with Gasteiger partial charge in [0.05, 0.1) is 22.6 Å². The number of hydrogen-bond acceptors (Lipinski definition) is 4. The van der Waals surface area contributed by atoms with Gasteiger partial charge in [0.1, 0.15) is 5.82 Å². The third-order valence-electron chi connectivity index (χ3n) is 4.79. The molecule has 2 aromatic rings. The average Bonchev–Trinajstić information content (AvgIpc) is 2.89. The first kappa shape index (κ1) is 20.0. The molecule has 1 fully saturated rings. The van der Waals surface area contributed by atoms with Gasteiger partial charge >= 0.3 is 0 Å². The number of carbonyl (C=O) groups excluding carboxylic acids is 2. The molecule has 1 atom stereocenters. The summed E-state index contributed by atoms with van der Waals surface area (Å²) in [6, 6.07) is 10.4. The lowest BCUT2D eigenvalue weighted by atomic mass is 10.0. The molecule has 3 rings (SSSR count). The number of hydrogen-bond donors (Lipinski definition) is 2.